The molecule has 1 amide bonds. The predicted octanol–water partition coefficient (Wildman–Crippen LogP) is 2.35. The maximum Gasteiger partial charge on any atom is 0.211 e. The van der Waals surface area contributed by atoms with Crippen molar-refractivity contribution in [3.8, 4) is 0 Å². The van der Waals surface area contributed by atoms with E-state index >= 15 is 0 Å². The molecule has 4 heteroatoms. The lowest BCUT2D eigenvalue weighted by molar-refractivity contribution is -0.105. The number of benzene rings is 1. The molecule has 4 nitrogen and oxygen atoms in total. The van der Waals surface area contributed by atoms with E-state index < -0.39 is 0 Å². The molecule has 0 aliphatic heterocycles. The summed E-state index contributed by atoms with van der Waals surface area (Å²) in [5, 5.41) is 2.57. The molecule has 0 unspecified atom stereocenters. The summed E-state index contributed by atoms with van der Waals surface area (Å²) in [7, 11) is 0. The first-order chi connectivity index (χ1) is 7.33. The number of carbonyl (C=O) groups is 1. The molecule has 0 fully saturated rings. The van der Waals surface area contributed by atoms with Gasteiger partial charge in [0.05, 0.1) is 0 Å². The Balaban J connectivity index is 2.38. The van der Waals surface area contributed by atoms with Crippen LogP contribution in [0.3, 0.4) is 0 Å². The Kier molecular flexibility index (Phi) is 2.67. The van der Waals surface area contributed by atoms with Crippen LogP contribution in [-0.2, 0) is 11.2 Å². The van der Waals surface area contributed by atoms with Gasteiger partial charge >= 0.3 is 0 Å². The van der Waals surface area contributed by atoms with Gasteiger partial charge in [-0.2, -0.15) is 0 Å². The van der Waals surface area contributed by atoms with Crippen LogP contribution in [0.4, 0.5) is 5.69 Å². The Morgan fingerprint density at radius 1 is 1.53 bits per heavy atom. The third-order valence-corrected chi connectivity index (χ3v) is 2.12. The lowest BCUT2D eigenvalue weighted by Gasteiger charge is -1.95. The van der Waals surface area contributed by atoms with Gasteiger partial charge in [-0.15, -0.1) is 0 Å². The van der Waals surface area contributed by atoms with Crippen molar-refractivity contribution in [2.24, 2.45) is 0 Å². The Hall–Kier alpha value is -1.84. The van der Waals surface area contributed by atoms with E-state index in [9.17, 15) is 4.79 Å². The molecule has 2 aromatic rings. The number of oxazole rings is 1. The second-order valence-electron chi connectivity index (χ2n) is 3.30. The van der Waals surface area contributed by atoms with Crippen molar-refractivity contribution >= 4 is 23.2 Å². The number of nitrogens with one attached hydrogen (secondary N) is 1. The first kappa shape index (κ1) is 9.71. The molecule has 0 radical (unpaired) electrons. The fourth-order valence-electron chi connectivity index (χ4n) is 1.45. The van der Waals surface area contributed by atoms with Gasteiger partial charge in [0.15, 0.2) is 11.5 Å². The molecule has 1 heterocycles. The quantitative estimate of drug-likeness (QED) is 0.778. The van der Waals surface area contributed by atoms with Crippen molar-refractivity contribution in [1.82, 2.24) is 4.98 Å². The van der Waals surface area contributed by atoms with E-state index in [1.165, 1.54) is 0 Å². The average molecular weight is 204 g/mol. The molecule has 0 bridgehead atoms. The Bertz CT molecular complexity index is 476. The van der Waals surface area contributed by atoms with Crippen LogP contribution >= 0.6 is 0 Å². The van der Waals surface area contributed by atoms with Crippen LogP contribution in [0.1, 0.15) is 19.2 Å². The highest BCUT2D eigenvalue weighted by Gasteiger charge is 2.05. The molecule has 0 saturated carbocycles. The van der Waals surface area contributed by atoms with Crippen LogP contribution in [0, 0.1) is 0 Å². The second-order valence-corrected chi connectivity index (χ2v) is 3.30. The van der Waals surface area contributed by atoms with Crippen molar-refractivity contribution in [2.45, 2.75) is 19.8 Å². The predicted molar refractivity (Wildman–Crippen MR) is 57.7 cm³/mol. The molecule has 1 N–H and O–H groups in total. The first-order valence-corrected chi connectivity index (χ1v) is 4.93. The average Bonchev–Trinajstić information content (AvgIpc) is 2.60. The maximum atomic E-state index is 10.3. The van der Waals surface area contributed by atoms with E-state index in [-0.39, 0.29) is 0 Å². The highest BCUT2D eigenvalue weighted by Crippen LogP contribution is 2.20. The van der Waals surface area contributed by atoms with Gasteiger partial charge in [0.1, 0.15) is 5.52 Å². The highest BCUT2D eigenvalue weighted by atomic mass is 16.3. The summed E-state index contributed by atoms with van der Waals surface area (Å²) in [6.45, 7) is 2.08. The number of fused-ring (bicyclic) bond motifs is 1. The van der Waals surface area contributed by atoms with E-state index in [1.54, 1.807) is 12.1 Å². The van der Waals surface area contributed by atoms with Crippen LogP contribution in [0.25, 0.3) is 11.1 Å². The maximum absolute atomic E-state index is 10.3. The van der Waals surface area contributed by atoms with Crippen molar-refractivity contribution < 1.29 is 9.21 Å². The van der Waals surface area contributed by atoms with E-state index in [2.05, 4.69) is 17.2 Å². The van der Waals surface area contributed by atoms with Gasteiger partial charge < -0.3 is 9.73 Å². The number of rotatable bonds is 4. The summed E-state index contributed by atoms with van der Waals surface area (Å²) >= 11 is 0. The molecule has 0 saturated heterocycles. The van der Waals surface area contributed by atoms with Crippen LogP contribution in [0.15, 0.2) is 22.6 Å². The van der Waals surface area contributed by atoms with E-state index in [0.717, 1.165) is 29.9 Å². The number of anilines is 1. The molecule has 2 rings (SSSR count). The Labute approximate surface area is 87.3 Å². The number of amides is 1. The third-order valence-electron chi connectivity index (χ3n) is 2.12. The van der Waals surface area contributed by atoms with Gasteiger partial charge in [-0.05, 0) is 18.6 Å². The zero-order chi connectivity index (χ0) is 10.7. The first-order valence-electron chi connectivity index (χ1n) is 4.93. The molecule has 0 aliphatic carbocycles. The summed E-state index contributed by atoms with van der Waals surface area (Å²) in [6, 6.07) is 5.41. The largest absolute Gasteiger partial charge is 0.441 e. The normalized spacial score (nSPS) is 10.5. The number of nitrogens with zero attached hydrogens (tertiary/aromatic N) is 1. The lowest BCUT2D eigenvalue weighted by atomic mass is 10.3. The standard InChI is InChI=1S/C11H12N2O2/c1-2-3-11-13-9-5-4-8(12-7-14)6-10(9)15-11/h4-7H,2-3H2,1H3,(H,12,14). The van der Waals surface area contributed by atoms with Gasteiger partial charge in [-0.3, -0.25) is 4.79 Å². The van der Waals surface area contributed by atoms with Crippen LogP contribution < -0.4 is 5.32 Å². The van der Waals surface area contributed by atoms with E-state index in [1.807, 2.05) is 6.07 Å². The summed E-state index contributed by atoms with van der Waals surface area (Å²) in [5.41, 5.74) is 2.26. The highest BCUT2D eigenvalue weighted by molar-refractivity contribution is 5.81. The molecule has 0 aliphatic rings. The summed E-state index contributed by atoms with van der Waals surface area (Å²) in [6.07, 6.45) is 2.49. The second kappa shape index (κ2) is 4.13. The fraction of sp³-hybridized carbons (Fsp3) is 0.273. The molecular weight excluding hydrogens is 192 g/mol. The zero-order valence-corrected chi connectivity index (χ0v) is 8.49. The Morgan fingerprint density at radius 3 is 3.13 bits per heavy atom. The summed E-state index contributed by atoms with van der Waals surface area (Å²) in [5.74, 6) is 0.746. The minimum absolute atomic E-state index is 0.643. The van der Waals surface area contributed by atoms with Crippen LogP contribution in [-0.4, -0.2) is 11.4 Å². The third kappa shape index (κ3) is 1.98. The zero-order valence-electron chi connectivity index (χ0n) is 8.49. The number of hydrogen-bond acceptors (Lipinski definition) is 3. The smallest absolute Gasteiger partial charge is 0.211 e. The van der Waals surface area contributed by atoms with Crippen molar-refractivity contribution in [3.63, 3.8) is 0 Å². The summed E-state index contributed by atoms with van der Waals surface area (Å²) in [4.78, 5) is 14.6. The Morgan fingerprint density at radius 2 is 2.40 bits per heavy atom. The molecule has 0 spiro atoms. The number of aryl methyl sites for hydroxylation is 1. The molecule has 15 heavy (non-hydrogen) atoms. The minimum Gasteiger partial charge on any atom is -0.441 e. The monoisotopic (exact) mass is 204 g/mol. The van der Waals surface area contributed by atoms with E-state index in [0.29, 0.717) is 12.0 Å². The van der Waals surface area contributed by atoms with Crippen molar-refractivity contribution in [2.75, 3.05) is 5.32 Å². The van der Waals surface area contributed by atoms with Crippen LogP contribution in [0.5, 0.6) is 0 Å². The van der Waals surface area contributed by atoms with Gasteiger partial charge in [-0.25, -0.2) is 4.98 Å². The summed E-state index contributed by atoms with van der Waals surface area (Å²) < 4.78 is 5.53. The lowest BCUT2D eigenvalue weighted by Crippen LogP contribution is -1.92. The fourth-order valence-corrected chi connectivity index (χ4v) is 1.45. The SMILES string of the molecule is CCCc1nc2ccc(NC=O)cc2o1. The van der Waals surface area contributed by atoms with Gasteiger partial charge in [-0.1, -0.05) is 6.92 Å². The number of carbonyl (C=O) groups excluding carboxylic acids is 1. The van der Waals surface area contributed by atoms with Gasteiger partial charge in [0.2, 0.25) is 6.41 Å². The minimum atomic E-state index is 0.643. The number of hydrogen-bond donors (Lipinski definition) is 1. The molecule has 1 aromatic heterocycles. The van der Waals surface area contributed by atoms with E-state index in [4.69, 9.17) is 4.42 Å². The molecular formula is C11H12N2O2. The van der Waals surface area contributed by atoms with Crippen molar-refractivity contribution in [3.05, 3.63) is 24.1 Å². The van der Waals surface area contributed by atoms with Crippen molar-refractivity contribution in [1.29, 1.82) is 0 Å². The number of aromatic nitrogens is 1. The molecule has 78 valence electrons. The molecule has 0 atom stereocenters. The van der Waals surface area contributed by atoms with Gasteiger partial charge in [0.25, 0.3) is 0 Å². The molecule has 1 aromatic carbocycles. The topological polar surface area (TPSA) is 55.1 Å². The van der Waals surface area contributed by atoms with Crippen LogP contribution in [0.2, 0.25) is 0 Å². The van der Waals surface area contributed by atoms with Gasteiger partial charge in [0, 0.05) is 18.2 Å².